The summed E-state index contributed by atoms with van der Waals surface area (Å²) < 4.78 is 64.9. The molecular weight excluding hydrogens is 432 g/mol. The average molecular weight is 454 g/mol. The van der Waals surface area contributed by atoms with Crippen LogP contribution in [-0.2, 0) is 10.3 Å². The molecule has 0 saturated heterocycles. The summed E-state index contributed by atoms with van der Waals surface area (Å²) in [6.07, 6.45) is -3.38. The number of aliphatic imine (C=N–C) groups is 1. The van der Waals surface area contributed by atoms with Gasteiger partial charge in [0.2, 0.25) is 5.60 Å². The predicted octanol–water partition coefficient (Wildman–Crippen LogP) is 3.71. The second-order valence-corrected chi connectivity index (χ2v) is 7.73. The molecule has 1 aromatic heterocycles. The molecule has 11 heteroatoms. The lowest BCUT2D eigenvalue weighted by atomic mass is 9.89. The van der Waals surface area contributed by atoms with Crippen LogP contribution in [0.5, 0.6) is 5.75 Å². The van der Waals surface area contributed by atoms with Crippen molar-refractivity contribution in [2.45, 2.75) is 38.1 Å². The molecule has 172 valence electrons. The van der Waals surface area contributed by atoms with E-state index in [1.54, 1.807) is 13.0 Å². The number of amidine groups is 1. The monoisotopic (exact) mass is 454 g/mol. The fourth-order valence-electron chi connectivity index (χ4n) is 3.30. The van der Waals surface area contributed by atoms with E-state index in [4.69, 9.17) is 15.2 Å². The molecule has 3 N–H and O–H groups in total. The van der Waals surface area contributed by atoms with Gasteiger partial charge in [-0.2, -0.15) is 13.2 Å². The molecule has 0 saturated carbocycles. The second-order valence-electron chi connectivity index (χ2n) is 7.73. The van der Waals surface area contributed by atoms with Crippen molar-refractivity contribution in [3.63, 3.8) is 0 Å². The number of rotatable bonds is 4. The summed E-state index contributed by atoms with van der Waals surface area (Å²) >= 11 is 0. The number of aromatic nitrogens is 1. The first-order chi connectivity index (χ1) is 14.8. The summed E-state index contributed by atoms with van der Waals surface area (Å²) in [5.41, 5.74) is 1.99. The Labute approximate surface area is 181 Å². The zero-order chi connectivity index (χ0) is 23.9. The van der Waals surface area contributed by atoms with Gasteiger partial charge in [-0.05, 0) is 45.0 Å². The first kappa shape index (κ1) is 23.5. The van der Waals surface area contributed by atoms with Crippen LogP contribution in [0.4, 0.5) is 23.2 Å². The summed E-state index contributed by atoms with van der Waals surface area (Å²) in [5, 5.41) is 2.60. The van der Waals surface area contributed by atoms with E-state index in [1.807, 2.05) is 0 Å². The lowest BCUT2D eigenvalue weighted by molar-refractivity contribution is -0.249. The molecule has 2 unspecified atom stereocenters. The molecule has 0 radical (unpaired) electrons. The predicted molar refractivity (Wildman–Crippen MR) is 109 cm³/mol. The number of hydrogen-bond acceptors (Lipinski definition) is 6. The molecule has 0 spiro atoms. The molecule has 7 nitrogen and oxygen atoms in total. The summed E-state index contributed by atoms with van der Waals surface area (Å²) in [4.78, 5) is 20.7. The molecule has 3 rings (SSSR count). The molecule has 0 fully saturated rings. The van der Waals surface area contributed by atoms with E-state index >= 15 is 0 Å². The number of nitrogens with two attached hydrogens (primary N) is 1. The molecule has 1 aromatic carbocycles. The van der Waals surface area contributed by atoms with Crippen LogP contribution < -0.4 is 15.8 Å². The van der Waals surface area contributed by atoms with Gasteiger partial charge in [0, 0.05) is 23.0 Å². The highest BCUT2D eigenvalue weighted by Gasteiger charge is 2.59. The van der Waals surface area contributed by atoms with E-state index in [0.29, 0.717) is 11.3 Å². The number of carbonyl (C=O) groups is 1. The van der Waals surface area contributed by atoms with Crippen molar-refractivity contribution in [2.75, 3.05) is 19.0 Å². The minimum absolute atomic E-state index is 0.0854. The van der Waals surface area contributed by atoms with Gasteiger partial charge in [-0.25, -0.2) is 4.39 Å². The van der Waals surface area contributed by atoms with Crippen molar-refractivity contribution in [2.24, 2.45) is 10.7 Å². The molecule has 1 amide bonds. The Hall–Kier alpha value is -3.21. The fourth-order valence-corrected chi connectivity index (χ4v) is 3.30. The number of pyridine rings is 1. The van der Waals surface area contributed by atoms with Crippen LogP contribution in [0.2, 0.25) is 0 Å². The molecule has 32 heavy (non-hydrogen) atoms. The Kier molecular flexibility index (Phi) is 5.90. The third-order valence-electron chi connectivity index (χ3n) is 5.43. The van der Waals surface area contributed by atoms with Gasteiger partial charge in [-0.3, -0.25) is 14.8 Å². The minimum Gasteiger partial charge on any atom is -0.496 e. The first-order valence-corrected chi connectivity index (χ1v) is 9.50. The van der Waals surface area contributed by atoms with Crippen LogP contribution in [0.3, 0.4) is 0 Å². The van der Waals surface area contributed by atoms with E-state index < -0.39 is 41.5 Å². The lowest BCUT2D eigenvalue weighted by Gasteiger charge is -2.41. The number of nitrogens with zero attached hydrogens (tertiary/aromatic N) is 2. The first-order valence-electron chi connectivity index (χ1n) is 9.50. The van der Waals surface area contributed by atoms with E-state index in [1.165, 1.54) is 32.4 Å². The number of amides is 1. The van der Waals surface area contributed by atoms with Crippen molar-refractivity contribution < 1.29 is 31.8 Å². The van der Waals surface area contributed by atoms with Crippen molar-refractivity contribution in [3.05, 3.63) is 53.1 Å². The van der Waals surface area contributed by atoms with E-state index in [0.717, 1.165) is 13.0 Å². The maximum absolute atomic E-state index is 14.6. The van der Waals surface area contributed by atoms with Gasteiger partial charge in [0.25, 0.3) is 5.91 Å². The van der Waals surface area contributed by atoms with Crippen molar-refractivity contribution in [1.82, 2.24) is 4.98 Å². The van der Waals surface area contributed by atoms with Gasteiger partial charge in [0.05, 0.1) is 13.7 Å². The van der Waals surface area contributed by atoms with Crippen LogP contribution in [0.25, 0.3) is 0 Å². The van der Waals surface area contributed by atoms with Gasteiger partial charge < -0.3 is 20.5 Å². The topological polar surface area (TPSA) is 98.8 Å². The second kappa shape index (κ2) is 8.05. The molecule has 1 aliphatic heterocycles. The molecule has 0 bridgehead atoms. The number of nitrogens with one attached hydrogen (secondary N) is 1. The number of hydrogen-bond donors (Lipinski definition) is 2. The van der Waals surface area contributed by atoms with Crippen LogP contribution in [0.1, 0.15) is 35.5 Å². The largest absolute Gasteiger partial charge is 0.496 e. The van der Waals surface area contributed by atoms with Crippen LogP contribution >= 0.6 is 0 Å². The van der Waals surface area contributed by atoms with Gasteiger partial charge in [-0.15, -0.1) is 0 Å². The Balaban J connectivity index is 1.94. The third kappa shape index (κ3) is 3.99. The number of anilines is 1. The SMILES string of the molecule is COc1ccnc(C(=O)Nc2ccc(F)c(C3(C)COC(C)(C(F)(F)F)C(N)=N3)c2)c1C. The number of alkyl halides is 3. The summed E-state index contributed by atoms with van der Waals surface area (Å²) in [5.74, 6) is -1.66. The summed E-state index contributed by atoms with van der Waals surface area (Å²) in [6, 6.07) is 5.26. The van der Waals surface area contributed by atoms with Crippen molar-refractivity contribution in [1.29, 1.82) is 0 Å². The molecule has 2 atom stereocenters. The Bertz CT molecular complexity index is 1090. The zero-order valence-electron chi connectivity index (χ0n) is 17.8. The normalized spacial score (nSPS) is 23.4. The minimum atomic E-state index is -4.79. The lowest BCUT2D eigenvalue weighted by Crippen LogP contribution is -2.60. The molecular formula is C21H22F4N4O3. The Morgan fingerprint density at radius 3 is 2.56 bits per heavy atom. The van der Waals surface area contributed by atoms with Crippen LogP contribution in [0, 0.1) is 12.7 Å². The van der Waals surface area contributed by atoms with Crippen molar-refractivity contribution in [3.8, 4) is 5.75 Å². The van der Waals surface area contributed by atoms with E-state index in [-0.39, 0.29) is 16.9 Å². The van der Waals surface area contributed by atoms with E-state index in [9.17, 15) is 22.4 Å². The van der Waals surface area contributed by atoms with Crippen molar-refractivity contribution >= 4 is 17.4 Å². The average Bonchev–Trinajstić information content (AvgIpc) is 2.71. The molecule has 1 aliphatic rings. The van der Waals surface area contributed by atoms with Gasteiger partial charge in [-0.1, -0.05) is 0 Å². The summed E-state index contributed by atoms with van der Waals surface area (Å²) in [7, 11) is 1.46. The molecule has 2 heterocycles. The molecule has 2 aromatic rings. The zero-order valence-corrected chi connectivity index (χ0v) is 17.8. The maximum Gasteiger partial charge on any atom is 0.424 e. The smallest absolute Gasteiger partial charge is 0.424 e. The van der Waals surface area contributed by atoms with Gasteiger partial charge in [0.15, 0.2) is 0 Å². The number of ether oxygens (including phenoxy) is 2. The Morgan fingerprint density at radius 1 is 1.28 bits per heavy atom. The third-order valence-corrected chi connectivity index (χ3v) is 5.43. The fraction of sp³-hybridized carbons (Fsp3) is 0.381. The number of benzene rings is 1. The number of halogens is 4. The highest BCUT2D eigenvalue weighted by molar-refractivity contribution is 6.04. The van der Waals surface area contributed by atoms with Gasteiger partial charge >= 0.3 is 6.18 Å². The maximum atomic E-state index is 14.6. The number of carbonyl (C=O) groups excluding carboxylic acids is 1. The highest BCUT2D eigenvalue weighted by atomic mass is 19.4. The quantitative estimate of drug-likeness (QED) is 0.687. The summed E-state index contributed by atoms with van der Waals surface area (Å²) in [6.45, 7) is 3.25. The van der Waals surface area contributed by atoms with Crippen LogP contribution in [0.15, 0.2) is 35.5 Å². The van der Waals surface area contributed by atoms with Crippen LogP contribution in [-0.4, -0.2) is 42.2 Å². The number of methoxy groups -OCH3 is 1. The van der Waals surface area contributed by atoms with Gasteiger partial charge in [0.1, 0.15) is 28.6 Å². The molecule has 0 aliphatic carbocycles. The van der Waals surface area contributed by atoms with E-state index in [2.05, 4.69) is 15.3 Å². The standard InChI is InChI=1S/C21H22F4N4O3/c1-11-15(31-4)7-8-27-16(11)17(30)28-12-5-6-14(22)13(9-12)19(2)10-32-20(3,18(26)29-19)21(23,24)25/h5-9H,10H2,1-4H3,(H2,26,29)(H,28,30). The highest BCUT2D eigenvalue weighted by Crippen LogP contribution is 2.41. The Morgan fingerprint density at radius 2 is 1.97 bits per heavy atom.